The van der Waals surface area contributed by atoms with Crippen LogP contribution in [0.1, 0.15) is 54.7 Å². The van der Waals surface area contributed by atoms with Crippen molar-refractivity contribution in [3.8, 4) is 5.75 Å². The lowest BCUT2D eigenvalue weighted by atomic mass is 10.2. The second-order valence-corrected chi connectivity index (χ2v) is 9.27. The number of methoxy groups -OCH3 is 1. The molecule has 1 N–H and O–H groups in total. The molecule has 2 aromatic rings. The molecular formula is C19H27N3O4S2. The van der Waals surface area contributed by atoms with E-state index < -0.39 is 10.0 Å². The average Bonchev–Trinajstić information content (AvgIpc) is 3.15. The van der Waals surface area contributed by atoms with Crippen molar-refractivity contribution in [2.75, 3.05) is 20.2 Å². The lowest BCUT2D eigenvalue weighted by molar-refractivity contribution is 0.0950. The molecule has 0 radical (unpaired) electrons. The summed E-state index contributed by atoms with van der Waals surface area (Å²) in [6.45, 7) is 8.62. The molecule has 28 heavy (non-hydrogen) atoms. The zero-order chi connectivity index (χ0) is 20.9. The highest BCUT2D eigenvalue weighted by Crippen LogP contribution is 2.28. The van der Waals surface area contributed by atoms with E-state index in [1.165, 1.54) is 23.5 Å². The van der Waals surface area contributed by atoms with Crippen molar-refractivity contribution in [1.29, 1.82) is 0 Å². The van der Waals surface area contributed by atoms with Crippen LogP contribution in [0.15, 0.2) is 28.5 Å². The maximum absolute atomic E-state index is 12.9. The largest absolute Gasteiger partial charge is 0.495 e. The Balaban J connectivity index is 2.24. The smallest absolute Gasteiger partial charge is 0.251 e. The fourth-order valence-corrected chi connectivity index (χ4v) is 5.14. The third kappa shape index (κ3) is 4.89. The van der Waals surface area contributed by atoms with Crippen molar-refractivity contribution in [2.45, 2.75) is 45.1 Å². The predicted molar refractivity (Wildman–Crippen MR) is 110 cm³/mol. The van der Waals surface area contributed by atoms with Gasteiger partial charge in [0, 0.05) is 30.0 Å². The van der Waals surface area contributed by atoms with Gasteiger partial charge in [0.2, 0.25) is 10.0 Å². The topological polar surface area (TPSA) is 88.6 Å². The fraction of sp³-hybridized carbons (Fsp3) is 0.474. The van der Waals surface area contributed by atoms with E-state index in [-0.39, 0.29) is 28.7 Å². The number of hydrogen-bond donors (Lipinski definition) is 1. The number of nitrogens with one attached hydrogen (secondary N) is 1. The Bertz CT molecular complexity index is 919. The number of amides is 1. The van der Waals surface area contributed by atoms with Gasteiger partial charge < -0.3 is 10.1 Å². The average molecular weight is 426 g/mol. The monoisotopic (exact) mass is 425 g/mol. The van der Waals surface area contributed by atoms with Crippen LogP contribution in [0, 0.1) is 0 Å². The third-order valence-corrected chi connectivity index (χ3v) is 7.51. The molecule has 0 spiro atoms. The highest BCUT2D eigenvalue weighted by atomic mass is 32.2. The Kier molecular flexibility index (Phi) is 7.56. The summed E-state index contributed by atoms with van der Waals surface area (Å²) < 4.78 is 32.3. The second-order valence-electron chi connectivity index (χ2n) is 6.47. The van der Waals surface area contributed by atoms with Crippen LogP contribution in [0.3, 0.4) is 0 Å². The van der Waals surface area contributed by atoms with Gasteiger partial charge in [0.05, 0.1) is 24.4 Å². The number of carbonyl (C=O) groups excluding carboxylic acids is 1. The van der Waals surface area contributed by atoms with Crippen LogP contribution in [-0.4, -0.2) is 43.8 Å². The van der Waals surface area contributed by atoms with Crippen LogP contribution in [0.2, 0.25) is 0 Å². The Labute approximate surface area is 170 Å². The summed E-state index contributed by atoms with van der Waals surface area (Å²) in [4.78, 5) is 17.0. The molecule has 1 aromatic carbocycles. The minimum absolute atomic E-state index is 0.0119. The second kappa shape index (κ2) is 9.49. The zero-order valence-electron chi connectivity index (χ0n) is 16.9. The first-order valence-electron chi connectivity index (χ1n) is 9.15. The van der Waals surface area contributed by atoms with Crippen molar-refractivity contribution in [3.63, 3.8) is 0 Å². The van der Waals surface area contributed by atoms with E-state index in [4.69, 9.17) is 4.74 Å². The number of aromatic nitrogens is 1. The van der Waals surface area contributed by atoms with E-state index >= 15 is 0 Å². The molecule has 1 aromatic heterocycles. The van der Waals surface area contributed by atoms with E-state index in [0.717, 1.165) is 10.7 Å². The molecule has 0 aliphatic carbocycles. The summed E-state index contributed by atoms with van der Waals surface area (Å²) in [6.07, 6.45) is 0. The standard InChI is InChI=1S/C19H27N3O4S2/c1-6-22(7-2)28(24,25)17-10-14(8-9-16(17)26-5)18(23)20-11-15-12-27-19(21-15)13(3)4/h8-10,12-13H,6-7,11H2,1-5H3,(H,20,23). The molecule has 2 rings (SSSR count). The van der Waals surface area contributed by atoms with E-state index in [0.29, 0.717) is 19.0 Å². The molecule has 0 unspecified atom stereocenters. The minimum Gasteiger partial charge on any atom is -0.495 e. The maximum atomic E-state index is 12.9. The van der Waals surface area contributed by atoms with Gasteiger partial charge in [0.15, 0.2) is 0 Å². The quantitative estimate of drug-likeness (QED) is 0.666. The van der Waals surface area contributed by atoms with Gasteiger partial charge in [-0.15, -0.1) is 11.3 Å². The molecule has 1 heterocycles. The number of thiazole rings is 1. The summed E-state index contributed by atoms with van der Waals surface area (Å²) in [5.74, 6) is 0.186. The number of hydrogen-bond acceptors (Lipinski definition) is 6. The van der Waals surface area contributed by atoms with Crippen LogP contribution in [0.5, 0.6) is 5.75 Å². The van der Waals surface area contributed by atoms with Crippen LogP contribution in [0.25, 0.3) is 0 Å². The zero-order valence-corrected chi connectivity index (χ0v) is 18.5. The van der Waals surface area contributed by atoms with Gasteiger partial charge in [-0.2, -0.15) is 4.31 Å². The van der Waals surface area contributed by atoms with Crippen molar-refractivity contribution in [1.82, 2.24) is 14.6 Å². The number of rotatable bonds is 9. The molecule has 0 aliphatic heterocycles. The molecule has 0 saturated heterocycles. The third-order valence-electron chi connectivity index (χ3n) is 4.24. The number of ether oxygens (including phenoxy) is 1. The Hall–Kier alpha value is -1.97. The molecule has 7 nitrogen and oxygen atoms in total. The van der Waals surface area contributed by atoms with Crippen LogP contribution < -0.4 is 10.1 Å². The van der Waals surface area contributed by atoms with E-state index in [1.54, 1.807) is 31.3 Å². The molecule has 1 amide bonds. The van der Waals surface area contributed by atoms with Gasteiger partial charge in [-0.25, -0.2) is 13.4 Å². The molecule has 0 saturated carbocycles. The van der Waals surface area contributed by atoms with Gasteiger partial charge in [-0.1, -0.05) is 27.7 Å². The summed E-state index contributed by atoms with van der Waals surface area (Å²) in [5, 5.41) is 5.73. The highest BCUT2D eigenvalue weighted by molar-refractivity contribution is 7.89. The normalized spacial score (nSPS) is 11.8. The van der Waals surface area contributed by atoms with Gasteiger partial charge >= 0.3 is 0 Å². The summed E-state index contributed by atoms with van der Waals surface area (Å²) >= 11 is 1.56. The first kappa shape index (κ1) is 22.3. The molecule has 0 atom stereocenters. The summed E-state index contributed by atoms with van der Waals surface area (Å²) in [7, 11) is -2.35. The van der Waals surface area contributed by atoms with Gasteiger partial charge in [-0.05, 0) is 18.2 Å². The van der Waals surface area contributed by atoms with Gasteiger partial charge in [0.25, 0.3) is 5.91 Å². The fourth-order valence-electron chi connectivity index (χ4n) is 2.66. The van der Waals surface area contributed by atoms with E-state index in [2.05, 4.69) is 24.1 Å². The van der Waals surface area contributed by atoms with Crippen molar-refractivity contribution < 1.29 is 17.9 Å². The number of carbonyl (C=O) groups is 1. The maximum Gasteiger partial charge on any atom is 0.251 e. The Morgan fingerprint density at radius 2 is 1.96 bits per heavy atom. The molecule has 0 bridgehead atoms. The minimum atomic E-state index is -3.76. The van der Waals surface area contributed by atoms with Crippen molar-refractivity contribution in [3.05, 3.63) is 39.8 Å². The number of nitrogens with zero attached hydrogens (tertiary/aromatic N) is 2. The van der Waals surface area contributed by atoms with E-state index in [9.17, 15) is 13.2 Å². The van der Waals surface area contributed by atoms with Crippen molar-refractivity contribution >= 4 is 27.3 Å². The first-order chi connectivity index (χ1) is 13.2. The van der Waals surface area contributed by atoms with Gasteiger partial charge in [-0.3, -0.25) is 4.79 Å². The Morgan fingerprint density at radius 3 is 2.50 bits per heavy atom. The molecule has 9 heteroatoms. The van der Waals surface area contributed by atoms with E-state index in [1.807, 2.05) is 5.38 Å². The lowest BCUT2D eigenvalue weighted by Gasteiger charge is -2.20. The van der Waals surface area contributed by atoms with Crippen LogP contribution in [0.4, 0.5) is 0 Å². The number of benzene rings is 1. The summed E-state index contributed by atoms with van der Waals surface area (Å²) in [5.41, 5.74) is 1.04. The first-order valence-corrected chi connectivity index (χ1v) is 11.5. The molecule has 0 fully saturated rings. The Morgan fingerprint density at radius 1 is 1.29 bits per heavy atom. The number of sulfonamides is 1. The highest BCUT2D eigenvalue weighted by Gasteiger charge is 2.26. The molecule has 154 valence electrons. The molecule has 0 aliphatic rings. The lowest BCUT2D eigenvalue weighted by Crippen LogP contribution is -2.31. The van der Waals surface area contributed by atoms with Crippen LogP contribution in [-0.2, 0) is 16.6 Å². The summed E-state index contributed by atoms with van der Waals surface area (Å²) in [6, 6.07) is 4.42. The van der Waals surface area contributed by atoms with Crippen molar-refractivity contribution in [2.24, 2.45) is 0 Å². The van der Waals surface area contributed by atoms with Crippen LogP contribution >= 0.6 is 11.3 Å². The van der Waals surface area contributed by atoms with Gasteiger partial charge in [0.1, 0.15) is 10.6 Å². The predicted octanol–water partition coefficient (Wildman–Crippen LogP) is 3.24. The SMILES string of the molecule is CCN(CC)S(=O)(=O)c1cc(C(=O)NCc2csc(C(C)C)n2)ccc1OC. The molecular weight excluding hydrogens is 398 g/mol.